The highest BCUT2D eigenvalue weighted by atomic mass is 16.5. The molecule has 1 rings (SSSR count). The van der Waals surface area contributed by atoms with E-state index in [9.17, 15) is 4.79 Å². The van der Waals surface area contributed by atoms with Gasteiger partial charge in [0, 0.05) is 0 Å². The van der Waals surface area contributed by atoms with Crippen LogP contribution in [-0.2, 0) is 21.6 Å². The van der Waals surface area contributed by atoms with Gasteiger partial charge in [-0.1, -0.05) is 45.0 Å². The van der Waals surface area contributed by atoms with Crippen molar-refractivity contribution in [3.63, 3.8) is 0 Å². The van der Waals surface area contributed by atoms with Crippen molar-refractivity contribution in [3.8, 4) is 0 Å². The quantitative estimate of drug-likeness (QED) is 0.734. The van der Waals surface area contributed by atoms with Crippen LogP contribution in [0.25, 0.3) is 0 Å². The van der Waals surface area contributed by atoms with E-state index < -0.39 is 0 Å². The van der Waals surface area contributed by atoms with Gasteiger partial charge in [0.1, 0.15) is 6.61 Å². The first-order valence-electron chi connectivity index (χ1n) is 4.62. The van der Waals surface area contributed by atoms with Crippen molar-refractivity contribution in [2.45, 2.75) is 32.8 Å². The van der Waals surface area contributed by atoms with Gasteiger partial charge in [-0.15, -0.1) is 0 Å². The fourth-order valence-corrected chi connectivity index (χ4v) is 1.21. The molecule has 1 aromatic rings. The minimum absolute atomic E-state index is 0.163. The summed E-state index contributed by atoms with van der Waals surface area (Å²) in [5.74, 6) is 0. The minimum atomic E-state index is 0.163. The molecule has 0 amide bonds. The van der Waals surface area contributed by atoms with Gasteiger partial charge in [-0.25, -0.2) is 4.79 Å². The Labute approximate surface area is 84.9 Å². The molecule has 0 aliphatic heterocycles. The zero-order chi connectivity index (χ0) is 10.6. The van der Waals surface area contributed by atoms with E-state index in [0.717, 1.165) is 5.56 Å². The lowest BCUT2D eigenvalue weighted by Crippen LogP contribution is -2.10. The van der Waals surface area contributed by atoms with Crippen molar-refractivity contribution >= 4 is 6.47 Å². The van der Waals surface area contributed by atoms with E-state index >= 15 is 0 Å². The summed E-state index contributed by atoms with van der Waals surface area (Å²) in [5, 5.41) is 0. The highest BCUT2D eigenvalue weighted by Gasteiger charge is 2.12. The predicted molar refractivity (Wildman–Crippen MR) is 55.6 cm³/mol. The maximum Gasteiger partial charge on any atom is 0.417 e. The van der Waals surface area contributed by atoms with Gasteiger partial charge in [-0.05, 0) is 16.5 Å². The molecular formula is C12H15O2. The van der Waals surface area contributed by atoms with Crippen LogP contribution < -0.4 is 0 Å². The molecule has 0 aliphatic carbocycles. The van der Waals surface area contributed by atoms with Crippen molar-refractivity contribution < 1.29 is 9.53 Å². The molecule has 2 nitrogen and oxygen atoms in total. The van der Waals surface area contributed by atoms with Crippen LogP contribution in [0.2, 0.25) is 0 Å². The number of benzene rings is 1. The summed E-state index contributed by atoms with van der Waals surface area (Å²) >= 11 is 0. The van der Waals surface area contributed by atoms with Gasteiger partial charge in [0.2, 0.25) is 0 Å². The molecule has 0 heterocycles. The van der Waals surface area contributed by atoms with Crippen LogP contribution in [0.4, 0.5) is 0 Å². The fourth-order valence-electron chi connectivity index (χ4n) is 1.21. The molecule has 75 valence electrons. The maximum absolute atomic E-state index is 9.86. The first-order valence-corrected chi connectivity index (χ1v) is 4.62. The second-order valence-electron chi connectivity index (χ2n) is 4.32. The summed E-state index contributed by atoms with van der Waals surface area (Å²) in [6, 6.07) is 8.06. The van der Waals surface area contributed by atoms with Crippen LogP contribution in [0.5, 0.6) is 0 Å². The summed E-state index contributed by atoms with van der Waals surface area (Å²) < 4.78 is 4.54. The monoisotopic (exact) mass is 191 g/mol. The van der Waals surface area contributed by atoms with E-state index in [1.165, 1.54) is 12.0 Å². The van der Waals surface area contributed by atoms with Crippen LogP contribution in [0.15, 0.2) is 24.3 Å². The number of hydrogen-bond acceptors (Lipinski definition) is 2. The van der Waals surface area contributed by atoms with Crippen LogP contribution in [-0.4, -0.2) is 6.47 Å². The Balaban J connectivity index is 2.73. The maximum atomic E-state index is 9.86. The molecule has 2 heteroatoms. The fraction of sp³-hybridized carbons (Fsp3) is 0.417. The normalized spacial score (nSPS) is 11.1. The molecule has 14 heavy (non-hydrogen) atoms. The SMILES string of the molecule is CC(C)(C)c1ccc(CO[C]=O)cc1. The zero-order valence-corrected chi connectivity index (χ0v) is 8.83. The summed E-state index contributed by atoms with van der Waals surface area (Å²) in [6.45, 7) is 8.20. The van der Waals surface area contributed by atoms with Crippen molar-refractivity contribution in [2.24, 2.45) is 0 Å². The molecule has 0 unspecified atom stereocenters. The van der Waals surface area contributed by atoms with E-state index in [1.54, 1.807) is 0 Å². The Kier molecular flexibility index (Phi) is 3.28. The third-order valence-electron chi connectivity index (χ3n) is 2.12. The average molecular weight is 191 g/mol. The molecule has 0 bridgehead atoms. The van der Waals surface area contributed by atoms with Crippen molar-refractivity contribution in [1.82, 2.24) is 0 Å². The van der Waals surface area contributed by atoms with Gasteiger partial charge in [0.15, 0.2) is 0 Å². The molecule has 1 aromatic carbocycles. The summed E-state index contributed by atoms with van der Waals surface area (Å²) in [5.41, 5.74) is 2.42. The molecule has 0 aromatic heterocycles. The van der Waals surface area contributed by atoms with E-state index in [-0.39, 0.29) is 5.41 Å². The number of rotatable bonds is 3. The van der Waals surface area contributed by atoms with Crippen molar-refractivity contribution in [2.75, 3.05) is 0 Å². The Morgan fingerprint density at radius 2 is 1.79 bits per heavy atom. The van der Waals surface area contributed by atoms with Crippen LogP contribution in [0.1, 0.15) is 31.9 Å². The molecular weight excluding hydrogens is 176 g/mol. The largest absolute Gasteiger partial charge is 0.452 e. The molecule has 0 aliphatic rings. The number of ether oxygens (including phenoxy) is 1. The van der Waals surface area contributed by atoms with Gasteiger partial charge < -0.3 is 4.74 Å². The van der Waals surface area contributed by atoms with Gasteiger partial charge in [0.25, 0.3) is 0 Å². The second-order valence-corrected chi connectivity index (χ2v) is 4.32. The molecule has 1 radical (unpaired) electrons. The van der Waals surface area contributed by atoms with E-state index in [1.807, 2.05) is 12.1 Å². The summed E-state index contributed by atoms with van der Waals surface area (Å²) in [4.78, 5) is 9.86. The summed E-state index contributed by atoms with van der Waals surface area (Å²) in [6.07, 6.45) is 0. The first-order chi connectivity index (χ1) is 6.54. The standard InChI is InChI=1S/C12H15O2/c1-12(2,3)11-6-4-10(5-7-11)8-14-9-13/h4-7H,8H2,1-3H3. The predicted octanol–water partition coefficient (Wildman–Crippen LogP) is 2.57. The third kappa shape index (κ3) is 2.87. The zero-order valence-electron chi connectivity index (χ0n) is 8.83. The Morgan fingerprint density at radius 1 is 1.21 bits per heavy atom. The number of hydrogen-bond donors (Lipinski definition) is 0. The van der Waals surface area contributed by atoms with Crippen molar-refractivity contribution in [1.29, 1.82) is 0 Å². The van der Waals surface area contributed by atoms with Crippen LogP contribution in [0.3, 0.4) is 0 Å². The van der Waals surface area contributed by atoms with Crippen molar-refractivity contribution in [3.05, 3.63) is 35.4 Å². The summed E-state index contributed by atoms with van der Waals surface area (Å²) in [7, 11) is 0. The second kappa shape index (κ2) is 4.27. The van der Waals surface area contributed by atoms with E-state index in [2.05, 4.69) is 37.6 Å². The highest BCUT2D eigenvalue weighted by molar-refractivity contribution is 5.38. The Morgan fingerprint density at radius 3 is 2.21 bits per heavy atom. The first kappa shape index (κ1) is 10.8. The molecule has 0 atom stereocenters. The Bertz CT molecular complexity index is 293. The third-order valence-corrected chi connectivity index (χ3v) is 2.12. The van der Waals surface area contributed by atoms with Crippen LogP contribution >= 0.6 is 0 Å². The van der Waals surface area contributed by atoms with Crippen LogP contribution in [0, 0.1) is 0 Å². The molecule has 0 N–H and O–H groups in total. The molecule has 0 spiro atoms. The lowest BCUT2D eigenvalue weighted by Gasteiger charge is -2.18. The molecule has 0 saturated heterocycles. The topological polar surface area (TPSA) is 26.3 Å². The molecule has 0 saturated carbocycles. The smallest absolute Gasteiger partial charge is 0.417 e. The van der Waals surface area contributed by atoms with Gasteiger partial charge in [0.05, 0.1) is 0 Å². The average Bonchev–Trinajstić information content (AvgIpc) is 2.14. The lowest BCUT2D eigenvalue weighted by atomic mass is 9.87. The lowest BCUT2D eigenvalue weighted by molar-refractivity contribution is 0.267. The van der Waals surface area contributed by atoms with E-state index in [4.69, 9.17) is 0 Å². The van der Waals surface area contributed by atoms with Gasteiger partial charge >= 0.3 is 6.47 Å². The van der Waals surface area contributed by atoms with Gasteiger partial charge in [-0.2, -0.15) is 0 Å². The van der Waals surface area contributed by atoms with E-state index in [0.29, 0.717) is 6.61 Å². The number of carbonyl (C=O) groups excluding carboxylic acids is 1. The van der Waals surface area contributed by atoms with Gasteiger partial charge in [-0.3, -0.25) is 0 Å². The minimum Gasteiger partial charge on any atom is -0.452 e. The molecule has 0 fully saturated rings. The Hall–Kier alpha value is -1.31. The highest BCUT2D eigenvalue weighted by Crippen LogP contribution is 2.22.